The van der Waals surface area contributed by atoms with Gasteiger partial charge in [0.1, 0.15) is 0 Å². The van der Waals surface area contributed by atoms with Crippen LogP contribution in [-0.4, -0.2) is 67.3 Å². The van der Waals surface area contributed by atoms with Gasteiger partial charge < -0.3 is 15.5 Å². The number of nitrogens with zero attached hydrogens (tertiary/aromatic N) is 2. The van der Waals surface area contributed by atoms with Gasteiger partial charge >= 0.3 is 0 Å². The molecular formula is C21H32N4O3. The molecule has 0 aliphatic carbocycles. The van der Waals surface area contributed by atoms with Crippen molar-refractivity contribution >= 4 is 23.4 Å². The van der Waals surface area contributed by atoms with Crippen LogP contribution in [0.5, 0.6) is 0 Å². The van der Waals surface area contributed by atoms with Crippen LogP contribution >= 0.6 is 0 Å². The van der Waals surface area contributed by atoms with Gasteiger partial charge in [-0.25, -0.2) is 0 Å². The molecule has 28 heavy (non-hydrogen) atoms. The average Bonchev–Trinajstić information content (AvgIpc) is 2.72. The molecule has 1 aliphatic rings. The third-order valence-corrected chi connectivity index (χ3v) is 5.48. The van der Waals surface area contributed by atoms with Crippen LogP contribution in [0.25, 0.3) is 0 Å². The fraction of sp³-hybridized carbons (Fsp3) is 0.571. The van der Waals surface area contributed by atoms with E-state index < -0.39 is 0 Å². The van der Waals surface area contributed by atoms with Crippen molar-refractivity contribution in [3.05, 3.63) is 29.8 Å². The highest BCUT2D eigenvalue weighted by Crippen LogP contribution is 2.20. The Morgan fingerprint density at radius 3 is 2.46 bits per heavy atom. The molecule has 7 nitrogen and oxygen atoms in total. The van der Waals surface area contributed by atoms with E-state index in [2.05, 4.69) is 15.5 Å². The SMILES string of the molecule is CCc1ccccc1NC(=O)CN(C)C(=O)[C@H](C)N1CCC(C(=O)NC)CC1. The number of hydrogen-bond donors (Lipinski definition) is 2. The van der Waals surface area contributed by atoms with E-state index in [4.69, 9.17) is 0 Å². The number of anilines is 1. The number of para-hydroxylation sites is 1. The maximum absolute atomic E-state index is 12.7. The molecule has 0 saturated carbocycles. The van der Waals surface area contributed by atoms with Gasteiger partial charge in [-0.3, -0.25) is 19.3 Å². The molecular weight excluding hydrogens is 356 g/mol. The van der Waals surface area contributed by atoms with E-state index in [-0.39, 0.29) is 36.2 Å². The maximum atomic E-state index is 12.7. The van der Waals surface area contributed by atoms with E-state index >= 15 is 0 Å². The molecule has 0 bridgehead atoms. The van der Waals surface area contributed by atoms with Crippen LogP contribution in [0.15, 0.2) is 24.3 Å². The zero-order valence-corrected chi connectivity index (χ0v) is 17.3. The van der Waals surface area contributed by atoms with Crippen LogP contribution in [0.3, 0.4) is 0 Å². The lowest BCUT2D eigenvalue weighted by molar-refractivity contribution is -0.138. The van der Waals surface area contributed by atoms with Crippen LogP contribution in [0.2, 0.25) is 0 Å². The van der Waals surface area contributed by atoms with E-state index in [1.165, 1.54) is 4.90 Å². The number of nitrogens with one attached hydrogen (secondary N) is 2. The van der Waals surface area contributed by atoms with Gasteiger partial charge in [0.15, 0.2) is 0 Å². The van der Waals surface area contributed by atoms with Crippen molar-refractivity contribution < 1.29 is 14.4 Å². The number of piperidine rings is 1. The van der Waals surface area contributed by atoms with Crippen molar-refractivity contribution in [2.45, 2.75) is 39.2 Å². The molecule has 1 saturated heterocycles. The maximum Gasteiger partial charge on any atom is 0.243 e. The summed E-state index contributed by atoms with van der Waals surface area (Å²) in [5.41, 5.74) is 1.86. The number of carbonyl (C=O) groups excluding carboxylic acids is 3. The van der Waals surface area contributed by atoms with Gasteiger partial charge in [0.25, 0.3) is 0 Å². The highest BCUT2D eigenvalue weighted by atomic mass is 16.2. The monoisotopic (exact) mass is 388 g/mol. The van der Waals surface area contributed by atoms with E-state index in [0.29, 0.717) is 13.1 Å². The molecule has 154 valence electrons. The number of likely N-dealkylation sites (N-methyl/N-ethyl adjacent to an activating group) is 1. The van der Waals surface area contributed by atoms with Crippen LogP contribution in [0.1, 0.15) is 32.3 Å². The molecule has 1 fully saturated rings. The second-order valence-electron chi connectivity index (χ2n) is 7.35. The van der Waals surface area contributed by atoms with Crippen LogP contribution in [0, 0.1) is 5.92 Å². The van der Waals surface area contributed by atoms with Gasteiger partial charge in [-0.05, 0) is 50.9 Å². The minimum absolute atomic E-state index is 0.00985. The fourth-order valence-corrected chi connectivity index (χ4v) is 3.66. The zero-order chi connectivity index (χ0) is 20.7. The topological polar surface area (TPSA) is 81.8 Å². The van der Waals surface area contributed by atoms with Gasteiger partial charge in [0.2, 0.25) is 17.7 Å². The van der Waals surface area contributed by atoms with Crippen LogP contribution in [-0.2, 0) is 20.8 Å². The predicted octanol–water partition coefficient (Wildman–Crippen LogP) is 1.49. The first kappa shape index (κ1) is 21.9. The Kier molecular flexibility index (Phi) is 7.99. The second-order valence-corrected chi connectivity index (χ2v) is 7.35. The van der Waals surface area contributed by atoms with E-state index in [1.54, 1.807) is 14.1 Å². The number of rotatable bonds is 7. The first-order valence-corrected chi connectivity index (χ1v) is 9.95. The van der Waals surface area contributed by atoms with Crippen molar-refractivity contribution in [2.24, 2.45) is 5.92 Å². The molecule has 2 N–H and O–H groups in total. The minimum atomic E-state index is -0.314. The number of likely N-dealkylation sites (tertiary alicyclic amines) is 1. The van der Waals surface area contributed by atoms with Gasteiger partial charge in [0, 0.05) is 25.7 Å². The first-order valence-electron chi connectivity index (χ1n) is 9.95. The Morgan fingerprint density at radius 1 is 1.21 bits per heavy atom. The normalized spacial score (nSPS) is 16.3. The third kappa shape index (κ3) is 5.55. The largest absolute Gasteiger partial charge is 0.359 e. The standard InChI is InChI=1S/C21H32N4O3/c1-5-16-8-6-7-9-18(16)23-19(26)14-24(4)21(28)15(2)25-12-10-17(11-13-25)20(27)22-3/h6-9,15,17H,5,10-14H2,1-4H3,(H,22,27)(H,23,26)/t15-/m0/s1. The van der Waals surface area contributed by atoms with Gasteiger partial charge in [0.05, 0.1) is 12.6 Å². The second kappa shape index (κ2) is 10.2. The molecule has 0 unspecified atom stereocenters. The molecule has 2 rings (SSSR count). The lowest BCUT2D eigenvalue weighted by Crippen LogP contribution is -2.51. The van der Waals surface area contributed by atoms with Crippen LogP contribution in [0.4, 0.5) is 5.69 Å². The molecule has 1 aromatic rings. The number of carbonyl (C=O) groups is 3. The van der Waals surface area contributed by atoms with E-state index in [9.17, 15) is 14.4 Å². The Bertz CT molecular complexity index is 699. The molecule has 3 amide bonds. The molecule has 1 aromatic carbocycles. The Labute approximate surface area is 167 Å². The Hall–Kier alpha value is -2.41. The molecule has 0 spiro atoms. The summed E-state index contributed by atoms with van der Waals surface area (Å²) in [5.74, 6) is -0.204. The lowest BCUT2D eigenvalue weighted by Gasteiger charge is -2.36. The summed E-state index contributed by atoms with van der Waals surface area (Å²) in [5, 5.41) is 5.59. The molecule has 0 radical (unpaired) electrons. The van der Waals surface area contributed by atoms with Gasteiger partial charge in [-0.1, -0.05) is 25.1 Å². The molecule has 1 heterocycles. The summed E-state index contributed by atoms with van der Waals surface area (Å²) in [6, 6.07) is 7.37. The van der Waals surface area contributed by atoms with E-state index in [0.717, 1.165) is 30.5 Å². The van der Waals surface area contributed by atoms with Gasteiger partial charge in [-0.15, -0.1) is 0 Å². The highest BCUT2D eigenvalue weighted by Gasteiger charge is 2.30. The third-order valence-electron chi connectivity index (χ3n) is 5.48. The van der Waals surface area contributed by atoms with E-state index in [1.807, 2.05) is 38.1 Å². The number of aryl methyl sites for hydroxylation is 1. The summed E-state index contributed by atoms with van der Waals surface area (Å²) < 4.78 is 0. The zero-order valence-electron chi connectivity index (χ0n) is 17.3. The van der Waals surface area contributed by atoms with Crippen molar-refractivity contribution in [2.75, 3.05) is 39.0 Å². The molecule has 1 aliphatic heterocycles. The fourth-order valence-electron chi connectivity index (χ4n) is 3.66. The summed E-state index contributed by atoms with van der Waals surface area (Å²) in [7, 11) is 3.31. The first-order chi connectivity index (χ1) is 13.4. The van der Waals surface area contributed by atoms with Crippen molar-refractivity contribution in [1.82, 2.24) is 15.1 Å². The predicted molar refractivity (Wildman–Crippen MR) is 110 cm³/mol. The summed E-state index contributed by atoms with van der Waals surface area (Å²) in [4.78, 5) is 40.4. The smallest absolute Gasteiger partial charge is 0.243 e. The Balaban J connectivity index is 1.86. The molecule has 7 heteroatoms. The number of benzene rings is 1. The average molecular weight is 389 g/mol. The molecule has 0 aromatic heterocycles. The lowest BCUT2D eigenvalue weighted by atomic mass is 9.95. The summed E-state index contributed by atoms with van der Waals surface area (Å²) in [6.45, 7) is 5.32. The summed E-state index contributed by atoms with van der Waals surface area (Å²) in [6.07, 6.45) is 2.32. The Morgan fingerprint density at radius 2 is 1.86 bits per heavy atom. The highest BCUT2D eigenvalue weighted by molar-refractivity contribution is 5.95. The molecule has 1 atom stereocenters. The van der Waals surface area contributed by atoms with Crippen molar-refractivity contribution in [3.8, 4) is 0 Å². The quantitative estimate of drug-likeness (QED) is 0.742. The van der Waals surface area contributed by atoms with Crippen molar-refractivity contribution in [1.29, 1.82) is 0 Å². The minimum Gasteiger partial charge on any atom is -0.359 e. The number of hydrogen-bond acceptors (Lipinski definition) is 4. The van der Waals surface area contributed by atoms with Crippen molar-refractivity contribution in [3.63, 3.8) is 0 Å². The summed E-state index contributed by atoms with van der Waals surface area (Å²) >= 11 is 0. The van der Waals surface area contributed by atoms with Gasteiger partial charge in [-0.2, -0.15) is 0 Å². The number of amides is 3. The van der Waals surface area contributed by atoms with Crippen LogP contribution < -0.4 is 10.6 Å².